The highest BCUT2D eigenvalue weighted by Crippen LogP contribution is 2.14. The molecule has 0 radical (unpaired) electrons. The summed E-state index contributed by atoms with van der Waals surface area (Å²) in [4.78, 5) is 0. The van der Waals surface area contributed by atoms with Gasteiger partial charge in [-0.15, -0.1) is 0 Å². The molecule has 0 aliphatic heterocycles. The maximum absolute atomic E-state index is 5.49. The number of thioether (sulfide) groups is 1. The second-order valence-electron chi connectivity index (χ2n) is 2.94. The Kier molecular flexibility index (Phi) is 4.25. The van der Waals surface area contributed by atoms with Crippen LogP contribution in [0.5, 0.6) is 0 Å². The lowest BCUT2D eigenvalue weighted by Gasteiger charge is -2.05. The SMILES string of the molecule is CC(CN)CSCc1ccco1. The zero-order valence-electron chi connectivity index (χ0n) is 7.32. The van der Waals surface area contributed by atoms with E-state index in [9.17, 15) is 0 Å². The molecule has 1 atom stereocenters. The summed E-state index contributed by atoms with van der Waals surface area (Å²) in [7, 11) is 0. The van der Waals surface area contributed by atoms with Gasteiger partial charge in [0.2, 0.25) is 0 Å². The molecule has 0 aliphatic carbocycles. The lowest BCUT2D eigenvalue weighted by molar-refractivity contribution is 0.530. The molecule has 0 fully saturated rings. The van der Waals surface area contributed by atoms with Crippen LogP contribution in [0.25, 0.3) is 0 Å². The Morgan fingerprint density at radius 2 is 2.50 bits per heavy atom. The Hall–Kier alpha value is -0.410. The van der Waals surface area contributed by atoms with Gasteiger partial charge in [0.25, 0.3) is 0 Å². The van der Waals surface area contributed by atoms with Crippen LogP contribution in [0.2, 0.25) is 0 Å². The number of hydrogen-bond acceptors (Lipinski definition) is 3. The van der Waals surface area contributed by atoms with Gasteiger partial charge in [-0.25, -0.2) is 0 Å². The molecule has 0 aromatic carbocycles. The van der Waals surface area contributed by atoms with Gasteiger partial charge < -0.3 is 10.2 Å². The van der Waals surface area contributed by atoms with Crippen LogP contribution in [0.1, 0.15) is 12.7 Å². The second-order valence-corrected chi connectivity index (χ2v) is 3.97. The summed E-state index contributed by atoms with van der Waals surface area (Å²) in [6.07, 6.45) is 1.71. The minimum absolute atomic E-state index is 0.602. The molecule has 1 heterocycles. The molecule has 0 amide bonds. The first-order chi connectivity index (χ1) is 5.83. The van der Waals surface area contributed by atoms with E-state index in [1.54, 1.807) is 6.26 Å². The minimum atomic E-state index is 0.602. The summed E-state index contributed by atoms with van der Waals surface area (Å²) in [5.74, 6) is 3.71. The topological polar surface area (TPSA) is 39.2 Å². The molecule has 12 heavy (non-hydrogen) atoms. The average Bonchev–Trinajstić information content (AvgIpc) is 2.57. The number of hydrogen-bond donors (Lipinski definition) is 1. The molecule has 2 nitrogen and oxygen atoms in total. The molecule has 1 rings (SSSR count). The van der Waals surface area contributed by atoms with Gasteiger partial charge in [0, 0.05) is 0 Å². The van der Waals surface area contributed by atoms with Crippen molar-refractivity contribution in [3.63, 3.8) is 0 Å². The van der Waals surface area contributed by atoms with Crippen LogP contribution in [0, 0.1) is 5.92 Å². The first-order valence-corrected chi connectivity index (χ1v) is 5.28. The normalized spacial score (nSPS) is 13.2. The van der Waals surface area contributed by atoms with E-state index in [0.717, 1.165) is 23.8 Å². The van der Waals surface area contributed by atoms with Gasteiger partial charge in [0.05, 0.1) is 12.0 Å². The molecular weight excluding hydrogens is 170 g/mol. The predicted molar refractivity (Wildman–Crippen MR) is 53.1 cm³/mol. The summed E-state index contributed by atoms with van der Waals surface area (Å²) in [6.45, 7) is 2.93. The van der Waals surface area contributed by atoms with E-state index in [1.807, 2.05) is 23.9 Å². The molecule has 0 saturated heterocycles. The summed E-state index contributed by atoms with van der Waals surface area (Å²) >= 11 is 1.87. The summed E-state index contributed by atoms with van der Waals surface area (Å²) in [5, 5.41) is 0. The van der Waals surface area contributed by atoms with Crippen molar-refractivity contribution in [3.8, 4) is 0 Å². The van der Waals surface area contributed by atoms with Crippen LogP contribution in [0.15, 0.2) is 22.8 Å². The number of furan rings is 1. The summed E-state index contributed by atoms with van der Waals surface area (Å²) in [5.41, 5.74) is 5.49. The van der Waals surface area contributed by atoms with Crippen molar-refractivity contribution < 1.29 is 4.42 Å². The van der Waals surface area contributed by atoms with Crippen molar-refractivity contribution in [1.29, 1.82) is 0 Å². The Balaban J connectivity index is 2.11. The average molecular weight is 185 g/mol. The second kappa shape index (κ2) is 5.27. The fourth-order valence-electron chi connectivity index (χ4n) is 0.823. The van der Waals surface area contributed by atoms with E-state index >= 15 is 0 Å². The number of rotatable bonds is 5. The van der Waals surface area contributed by atoms with Crippen molar-refractivity contribution >= 4 is 11.8 Å². The third-order valence-electron chi connectivity index (χ3n) is 1.63. The van der Waals surface area contributed by atoms with Crippen LogP contribution >= 0.6 is 11.8 Å². The van der Waals surface area contributed by atoms with Gasteiger partial charge >= 0.3 is 0 Å². The zero-order chi connectivity index (χ0) is 8.81. The minimum Gasteiger partial charge on any atom is -0.468 e. The molecule has 0 aliphatic rings. The van der Waals surface area contributed by atoms with Crippen LogP contribution < -0.4 is 5.73 Å². The van der Waals surface area contributed by atoms with Crippen molar-refractivity contribution in [2.75, 3.05) is 12.3 Å². The Morgan fingerprint density at radius 3 is 3.08 bits per heavy atom. The molecule has 0 spiro atoms. The van der Waals surface area contributed by atoms with Crippen LogP contribution in [0.3, 0.4) is 0 Å². The van der Waals surface area contributed by atoms with E-state index in [1.165, 1.54) is 0 Å². The quantitative estimate of drug-likeness (QED) is 0.763. The van der Waals surface area contributed by atoms with E-state index in [2.05, 4.69) is 6.92 Å². The molecule has 1 aromatic rings. The third kappa shape index (κ3) is 3.32. The molecule has 1 aromatic heterocycles. The van der Waals surface area contributed by atoms with Gasteiger partial charge in [-0.05, 0) is 30.3 Å². The fraction of sp³-hybridized carbons (Fsp3) is 0.556. The van der Waals surface area contributed by atoms with Gasteiger partial charge in [0.1, 0.15) is 5.76 Å². The van der Waals surface area contributed by atoms with Crippen LogP contribution in [0.4, 0.5) is 0 Å². The van der Waals surface area contributed by atoms with E-state index in [4.69, 9.17) is 10.2 Å². The first-order valence-electron chi connectivity index (χ1n) is 4.13. The van der Waals surface area contributed by atoms with Crippen molar-refractivity contribution in [3.05, 3.63) is 24.2 Å². The summed E-state index contributed by atoms with van der Waals surface area (Å²) < 4.78 is 5.20. The lowest BCUT2D eigenvalue weighted by Crippen LogP contribution is -2.12. The lowest BCUT2D eigenvalue weighted by atomic mass is 10.2. The molecule has 1 unspecified atom stereocenters. The van der Waals surface area contributed by atoms with Gasteiger partial charge in [-0.3, -0.25) is 0 Å². The van der Waals surface area contributed by atoms with Gasteiger partial charge in [-0.2, -0.15) is 11.8 Å². The molecular formula is C9H15NOS. The highest BCUT2D eigenvalue weighted by atomic mass is 32.2. The van der Waals surface area contributed by atoms with Crippen LogP contribution in [-0.4, -0.2) is 12.3 Å². The monoisotopic (exact) mass is 185 g/mol. The van der Waals surface area contributed by atoms with E-state index in [-0.39, 0.29) is 0 Å². The van der Waals surface area contributed by atoms with E-state index < -0.39 is 0 Å². The molecule has 2 N–H and O–H groups in total. The Labute approximate surface area is 77.5 Å². The smallest absolute Gasteiger partial charge is 0.113 e. The standard InChI is InChI=1S/C9H15NOS/c1-8(5-10)6-12-7-9-3-2-4-11-9/h2-4,8H,5-7,10H2,1H3. The van der Waals surface area contributed by atoms with Crippen molar-refractivity contribution in [2.45, 2.75) is 12.7 Å². The number of nitrogens with two attached hydrogens (primary N) is 1. The van der Waals surface area contributed by atoms with Gasteiger partial charge in [0.15, 0.2) is 0 Å². The Morgan fingerprint density at radius 1 is 1.67 bits per heavy atom. The maximum atomic E-state index is 5.49. The largest absolute Gasteiger partial charge is 0.468 e. The van der Waals surface area contributed by atoms with Crippen LogP contribution in [-0.2, 0) is 5.75 Å². The van der Waals surface area contributed by atoms with Crippen molar-refractivity contribution in [1.82, 2.24) is 0 Å². The Bertz CT molecular complexity index is 198. The fourth-order valence-corrected chi connectivity index (χ4v) is 1.85. The van der Waals surface area contributed by atoms with Gasteiger partial charge in [-0.1, -0.05) is 6.92 Å². The first kappa shape index (κ1) is 9.68. The van der Waals surface area contributed by atoms with Crippen molar-refractivity contribution in [2.24, 2.45) is 11.7 Å². The highest BCUT2D eigenvalue weighted by molar-refractivity contribution is 7.98. The maximum Gasteiger partial charge on any atom is 0.113 e. The molecule has 3 heteroatoms. The highest BCUT2D eigenvalue weighted by Gasteiger charge is 2.00. The third-order valence-corrected chi connectivity index (χ3v) is 2.92. The molecule has 0 bridgehead atoms. The van der Waals surface area contributed by atoms with E-state index in [0.29, 0.717) is 5.92 Å². The molecule has 68 valence electrons. The molecule has 0 saturated carbocycles. The zero-order valence-corrected chi connectivity index (χ0v) is 8.14. The predicted octanol–water partition coefficient (Wildman–Crippen LogP) is 2.11. The summed E-state index contributed by atoms with van der Waals surface area (Å²) in [6, 6.07) is 3.92.